The van der Waals surface area contributed by atoms with Gasteiger partial charge in [0.25, 0.3) is 0 Å². The Hall–Kier alpha value is -1.88. The summed E-state index contributed by atoms with van der Waals surface area (Å²) in [5.41, 5.74) is 0.667. The highest BCUT2D eigenvalue weighted by molar-refractivity contribution is 6.30. The van der Waals surface area contributed by atoms with E-state index in [4.69, 9.17) is 16.3 Å². The van der Waals surface area contributed by atoms with Gasteiger partial charge in [0, 0.05) is 24.7 Å². The number of benzene rings is 2. The van der Waals surface area contributed by atoms with Crippen molar-refractivity contribution in [2.45, 2.75) is 37.2 Å². The molecule has 4 rings (SSSR count). The average Bonchev–Trinajstić information content (AvgIpc) is 3.46. The Labute approximate surface area is 177 Å². The van der Waals surface area contributed by atoms with E-state index in [0.29, 0.717) is 24.5 Å². The fraction of sp³-hybridized carbons (Fsp3) is 0.458. The van der Waals surface area contributed by atoms with Crippen molar-refractivity contribution in [3.05, 3.63) is 70.7 Å². The van der Waals surface area contributed by atoms with E-state index in [1.54, 1.807) is 0 Å². The minimum absolute atomic E-state index is 0.106. The zero-order chi connectivity index (χ0) is 20.5. The van der Waals surface area contributed by atoms with E-state index >= 15 is 0 Å². The highest BCUT2D eigenvalue weighted by Gasteiger charge is 2.62. The van der Waals surface area contributed by atoms with E-state index in [-0.39, 0.29) is 11.9 Å². The molecular weight excluding hydrogens is 386 g/mol. The van der Waals surface area contributed by atoms with E-state index in [2.05, 4.69) is 4.90 Å². The van der Waals surface area contributed by atoms with Crippen molar-refractivity contribution in [2.75, 3.05) is 26.2 Å². The summed E-state index contributed by atoms with van der Waals surface area (Å²) in [6, 6.07) is 17.5. The predicted molar refractivity (Wildman–Crippen MR) is 114 cm³/mol. The van der Waals surface area contributed by atoms with E-state index in [9.17, 15) is 9.90 Å². The third-order valence-corrected chi connectivity index (χ3v) is 6.83. The number of nitrogens with zero attached hydrogens (tertiary/aromatic N) is 1. The molecule has 2 atom stereocenters. The zero-order valence-electron chi connectivity index (χ0n) is 16.8. The van der Waals surface area contributed by atoms with Crippen LogP contribution in [0.4, 0.5) is 0 Å². The van der Waals surface area contributed by atoms with Crippen LogP contribution in [0.15, 0.2) is 54.6 Å². The molecule has 1 saturated heterocycles. The molecule has 0 radical (unpaired) electrons. The van der Waals surface area contributed by atoms with Gasteiger partial charge in [0.05, 0.1) is 17.6 Å². The SMILES string of the molecule is CCOC(=O)[C@@]1(c2ccccc2)C[C@H]1CN1CCC(O)(c2ccc(Cl)cc2)CC1. The number of likely N-dealkylation sites (tertiary alicyclic amines) is 1. The first-order valence-corrected chi connectivity index (χ1v) is 10.8. The van der Waals surface area contributed by atoms with Gasteiger partial charge in [0.2, 0.25) is 0 Å². The second-order valence-electron chi connectivity index (χ2n) is 8.30. The first kappa shape index (κ1) is 20.4. The third kappa shape index (κ3) is 3.94. The van der Waals surface area contributed by atoms with Gasteiger partial charge in [-0.2, -0.15) is 0 Å². The van der Waals surface area contributed by atoms with Crippen LogP contribution in [0.25, 0.3) is 0 Å². The topological polar surface area (TPSA) is 49.8 Å². The molecule has 29 heavy (non-hydrogen) atoms. The molecule has 0 spiro atoms. The van der Waals surface area contributed by atoms with Crippen molar-refractivity contribution in [1.82, 2.24) is 4.90 Å². The highest BCUT2D eigenvalue weighted by Crippen LogP contribution is 2.55. The van der Waals surface area contributed by atoms with E-state index < -0.39 is 11.0 Å². The fourth-order valence-corrected chi connectivity index (χ4v) is 4.86. The number of carbonyl (C=O) groups excluding carboxylic acids is 1. The maximum Gasteiger partial charge on any atom is 0.316 e. The zero-order valence-corrected chi connectivity index (χ0v) is 17.6. The molecule has 0 unspecified atom stereocenters. The monoisotopic (exact) mass is 413 g/mol. The molecule has 4 nitrogen and oxygen atoms in total. The molecule has 2 aliphatic rings. The first-order valence-electron chi connectivity index (χ1n) is 10.4. The van der Waals surface area contributed by atoms with Crippen LogP contribution in [-0.2, 0) is 20.5 Å². The van der Waals surface area contributed by atoms with Crippen molar-refractivity contribution < 1.29 is 14.6 Å². The summed E-state index contributed by atoms with van der Waals surface area (Å²) in [7, 11) is 0. The molecule has 2 aromatic rings. The van der Waals surface area contributed by atoms with Crippen LogP contribution in [-0.4, -0.2) is 42.2 Å². The van der Waals surface area contributed by atoms with Crippen molar-refractivity contribution in [3.63, 3.8) is 0 Å². The number of esters is 1. The standard InChI is InChI=1S/C24H28ClNO3/c1-2-29-22(27)24(19-6-4-3-5-7-19)16-20(24)17-26-14-12-23(28,13-15-26)18-8-10-21(25)11-9-18/h3-11,20,28H,2,12-17H2,1H3/t20-,24+/m0/s1. The Balaban J connectivity index is 1.42. The molecule has 1 aliphatic heterocycles. The summed E-state index contributed by atoms with van der Waals surface area (Å²) in [5.74, 6) is 0.150. The summed E-state index contributed by atoms with van der Waals surface area (Å²) < 4.78 is 5.44. The summed E-state index contributed by atoms with van der Waals surface area (Å²) in [4.78, 5) is 15.2. The molecule has 154 valence electrons. The second kappa shape index (κ2) is 8.10. The molecule has 1 saturated carbocycles. The lowest BCUT2D eigenvalue weighted by Gasteiger charge is -2.39. The smallest absolute Gasteiger partial charge is 0.316 e. The number of piperidine rings is 1. The van der Waals surface area contributed by atoms with Gasteiger partial charge in [-0.1, -0.05) is 54.1 Å². The lowest BCUT2D eigenvalue weighted by Crippen LogP contribution is -2.44. The van der Waals surface area contributed by atoms with Crippen molar-refractivity contribution in [3.8, 4) is 0 Å². The highest BCUT2D eigenvalue weighted by atomic mass is 35.5. The normalized spacial score (nSPS) is 26.1. The van der Waals surface area contributed by atoms with Crippen LogP contribution in [0.2, 0.25) is 5.02 Å². The summed E-state index contributed by atoms with van der Waals surface area (Å²) in [6.45, 7) is 4.73. The Morgan fingerprint density at radius 2 is 1.76 bits per heavy atom. The maximum atomic E-state index is 12.8. The molecule has 2 fully saturated rings. The number of carbonyl (C=O) groups is 1. The Morgan fingerprint density at radius 1 is 1.10 bits per heavy atom. The summed E-state index contributed by atoms with van der Waals surface area (Å²) >= 11 is 5.98. The Kier molecular flexibility index (Phi) is 5.69. The summed E-state index contributed by atoms with van der Waals surface area (Å²) in [5, 5.41) is 11.8. The quantitative estimate of drug-likeness (QED) is 0.723. The number of hydrogen-bond acceptors (Lipinski definition) is 4. The van der Waals surface area contributed by atoms with Crippen molar-refractivity contribution in [1.29, 1.82) is 0 Å². The van der Waals surface area contributed by atoms with E-state index in [0.717, 1.165) is 37.2 Å². The van der Waals surface area contributed by atoms with Crippen LogP contribution in [0, 0.1) is 5.92 Å². The predicted octanol–water partition coefficient (Wildman–Crippen LogP) is 4.14. The minimum atomic E-state index is -0.803. The van der Waals surface area contributed by atoms with Crippen LogP contribution in [0.1, 0.15) is 37.3 Å². The lowest BCUT2D eigenvalue weighted by molar-refractivity contribution is -0.146. The van der Waals surface area contributed by atoms with Crippen LogP contribution in [0.5, 0.6) is 0 Å². The van der Waals surface area contributed by atoms with Crippen molar-refractivity contribution in [2.24, 2.45) is 5.92 Å². The van der Waals surface area contributed by atoms with Gasteiger partial charge in [-0.3, -0.25) is 4.79 Å². The van der Waals surface area contributed by atoms with Gasteiger partial charge in [0.15, 0.2) is 0 Å². The third-order valence-electron chi connectivity index (χ3n) is 6.58. The molecule has 1 aliphatic carbocycles. The van der Waals surface area contributed by atoms with Crippen LogP contribution >= 0.6 is 11.6 Å². The average molecular weight is 414 g/mol. The summed E-state index contributed by atoms with van der Waals surface area (Å²) in [6.07, 6.45) is 2.19. The second-order valence-corrected chi connectivity index (χ2v) is 8.73. The molecule has 1 N–H and O–H groups in total. The Morgan fingerprint density at radius 3 is 2.38 bits per heavy atom. The number of halogens is 1. The molecule has 1 heterocycles. The van der Waals surface area contributed by atoms with Gasteiger partial charge >= 0.3 is 5.97 Å². The van der Waals surface area contributed by atoms with Gasteiger partial charge < -0.3 is 14.7 Å². The molecule has 5 heteroatoms. The largest absolute Gasteiger partial charge is 0.465 e. The van der Waals surface area contributed by atoms with Gasteiger partial charge in [-0.05, 0) is 55.4 Å². The lowest BCUT2D eigenvalue weighted by atomic mass is 9.84. The number of ether oxygens (including phenoxy) is 1. The van der Waals surface area contributed by atoms with E-state index in [1.807, 2.05) is 61.5 Å². The maximum absolute atomic E-state index is 12.8. The number of aliphatic hydroxyl groups is 1. The molecular formula is C24H28ClNO3. The van der Waals surface area contributed by atoms with Gasteiger partial charge in [-0.25, -0.2) is 0 Å². The van der Waals surface area contributed by atoms with Gasteiger partial charge in [0.1, 0.15) is 0 Å². The molecule has 0 bridgehead atoms. The van der Waals surface area contributed by atoms with Crippen molar-refractivity contribution >= 4 is 17.6 Å². The minimum Gasteiger partial charge on any atom is -0.465 e. The first-order chi connectivity index (χ1) is 14.0. The molecule has 2 aromatic carbocycles. The number of rotatable bonds is 6. The fourth-order valence-electron chi connectivity index (χ4n) is 4.73. The van der Waals surface area contributed by atoms with Crippen LogP contribution < -0.4 is 0 Å². The van der Waals surface area contributed by atoms with Gasteiger partial charge in [-0.15, -0.1) is 0 Å². The molecule has 0 aromatic heterocycles. The van der Waals surface area contributed by atoms with E-state index in [1.165, 1.54) is 0 Å². The number of hydrogen-bond donors (Lipinski definition) is 1. The molecule has 0 amide bonds. The Bertz CT molecular complexity index is 846. The van der Waals surface area contributed by atoms with Crippen LogP contribution in [0.3, 0.4) is 0 Å².